The summed E-state index contributed by atoms with van der Waals surface area (Å²) >= 11 is 0. The normalized spacial score (nSPS) is 12.7. The summed E-state index contributed by atoms with van der Waals surface area (Å²) < 4.78 is 40.2. The van der Waals surface area contributed by atoms with Crippen molar-refractivity contribution in [1.82, 2.24) is 0 Å². The maximum Gasteiger partial charge on any atom is 0.383 e. The highest BCUT2D eigenvalue weighted by Crippen LogP contribution is 2.26. The van der Waals surface area contributed by atoms with Gasteiger partial charge >= 0.3 is 17.9 Å². The predicted molar refractivity (Wildman–Crippen MR) is 57.9 cm³/mol. The minimum Gasteiger partial charge on any atom is -0.452 e. The molecule has 0 fully saturated rings. The molecule has 0 radical (unpaired) electrons. The Balaban J connectivity index is 4.75. The van der Waals surface area contributed by atoms with E-state index in [1.807, 2.05) is 0 Å². The maximum absolute atomic E-state index is 13.6. The van der Waals surface area contributed by atoms with Crippen LogP contribution < -0.4 is 0 Å². The molecule has 0 aliphatic heterocycles. The van der Waals surface area contributed by atoms with Crippen molar-refractivity contribution in [2.75, 3.05) is 13.9 Å². The van der Waals surface area contributed by atoms with Gasteiger partial charge in [0.1, 0.15) is 0 Å². The van der Waals surface area contributed by atoms with Gasteiger partial charge < -0.3 is 14.2 Å². The van der Waals surface area contributed by atoms with Gasteiger partial charge in [0, 0.05) is 12.7 Å². The molecule has 0 N–H and O–H groups in total. The smallest absolute Gasteiger partial charge is 0.383 e. The molecule has 18 heavy (non-hydrogen) atoms. The maximum atomic E-state index is 13.6. The number of halogens is 2. The van der Waals surface area contributed by atoms with E-state index in [-0.39, 0.29) is 12.0 Å². The Morgan fingerprint density at radius 3 is 2.33 bits per heavy atom. The molecule has 0 amide bonds. The van der Waals surface area contributed by atoms with Gasteiger partial charge in [-0.25, -0.2) is 9.59 Å². The molecule has 0 spiro atoms. The lowest BCUT2D eigenvalue weighted by Gasteiger charge is -2.24. The monoisotopic (exact) mass is 266 g/mol. The Hall–Kier alpha value is -1.50. The van der Waals surface area contributed by atoms with E-state index in [0.29, 0.717) is 0 Å². The van der Waals surface area contributed by atoms with Crippen molar-refractivity contribution in [3.8, 4) is 0 Å². The molecule has 104 valence electrons. The number of hydrogen-bond donors (Lipinski definition) is 0. The van der Waals surface area contributed by atoms with Gasteiger partial charge in [0.15, 0.2) is 12.9 Å². The Labute approximate surface area is 104 Å². The fourth-order valence-electron chi connectivity index (χ4n) is 0.984. The molecule has 0 bridgehead atoms. The summed E-state index contributed by atoms with van der Waals surface area (Å²) in [5, 5.41) is 0. The second kappa shape index (κ2) is 7.05. The molecule has 5 nitrogen and oxygen atoms in total. The summed E-state index contributed by atoms with van der Waals surface area (Å²) in [6, 6.07) is 0. The molecule has 0 aliphatic rings. The summed E-state index contributed by atoms with van der Waals surface area (Å²) in [5.74, 6) is -6.72. The minimum atomic E-state index is -3.93. The molecule has 1 atom stereocenters. The quantitative estimate of drug-likeness (QED) is 0.398. The van der Waals surface area contributed by atoms with E-state index in [0.717, 1.165) is 0 Å². The number of hydrogen-bond acceptors (Lipinski definition) is 5. The van der Waals surface area contributed by atoms with Gasteiger partial charge in [-0.15, -0.1) is 0 Å². The first-order chi connectivity index (χ1) is 8.27. The van der Waals surface area contributed by atoms with Crippen LogP contribution in [-0.2, 0) is 23.8 Å². The lowest BCUT2D eigenvalue weighted by atomic mass is 10.1. The second-order valence-electron chi connectivity index (χ2n) is 3.54. The van der Waals surface area contributed by atoms with Crippen LogP contribution in [0.4, 0.5) is 8.78 Å². The fourth-order valence-corrected chi connectivity index (χ4v) is 0.984. The topological polar surface area (TPSA) is 61.8 Å². The molecular formula is C11H16F2O5. The standard InChI is InChI=1S/C11H16F2O5/c1-5-8(18-9(14)7(2)3)11(12,13)10(15)17-6-16-4/h8H,2,5-6H2,1,3-4H3. The number of carbonyl (C=O) groups excluding carboxylic acids is 2. The minimum absolute atomic E-state index is 0.0329. The van der Waals surface area contributed by atoms with Gasteiger partial charge in [-0.2, -0.15) is 8.78 Å². The van der Waals surface area contributed by atoms with Crippen molar-refractivity contribution in [1.29, 1.82) is 0 Å². The van der Waals surface area contributed by atoms with Crippen molar-refractivity contribution in [2.45, 2.75) is 32.3 Å². The number of esters is 2. The molecule has 1 unspecified atom stereocenters. The van der Waals surface area contributed by atoms with Crippen LogP contribution in [0.25, 0.3) is 0 Å². The number of alkyl halides is 2. The molecule has 0 aromatic carbocycles. The molecule has 0 aromatic rings. The van der Waals surface area contributed by atoms with Crippen molar-refractivity contribution in [2.24, 2.45) is 0 Å². The van der Waals surface area contributed by atoms with E-state index < -0.39 is 30.8 Å². The highest BCUT2D eigenvalue weighted by atomic mass is 19.3. The summed E-state index contributed by atoms with van der Waals surface area (Å²) in [4.78, 5) is 22.3. The van der Waals surface area contributed by atoms with Gasteiger partial charge in [0.2, 0.25) is 0 Å². The highest BCUT2D eigenvalue weighted by Gasteiger charge is 2.50. The van der Waals surface area contributed by atoms with E-state index in [1.165, 1.54) is 21.0 Å². The van der Waals surface area contributed by atoms with Crippen molar-refractivity contribution in [3.05, 3.63) is 12.2 Å². The Morgan fingerprint density at radius 1 is 1.39 bits per heavy atom. The lowest BCUT2D eigenvalue weighted by Crippen LogP contribution is -2.45. The average Bonchev–Trinajstić information content (AvgIpc) is 2.31. The van der Waals surface area contributed by atoms with Gasteiger partial charge in [-0.05, 0) is 13.3 Å². The Kier molecular flexibility index (Phi) is 6.46. The van der Waals surface area contributed by atoms with E-state index in [1.54, 1.807) is 0 Å². The largest absolute Gasteiger partial charge is 0.452 e. The van der Waals surface area contributed by atoms with Crippen LogP contribution in [0.5, 0.6) is 0 Å². The summed E-state index contributed by atoms with van der Waals surface area (Å²) in [7, 11) is 1.18. The fraction of sp³-hybridized carbons (Fsp3) is 0.636. The van der Waals surface area contributed by atoms with Crippen LogP contribution >= 0.6 is 0 Å². The third kappa shape index (κ3) is 4.40. The SMILES string of the molecule is C=C(C)C(=O)OC(CC)C(F)(F)C(=O)OCOC. The van der Waals surface area contributed by atoms with Crippen LogP contribution in [0.1, 0.15) is 20.3 Å². The number of ether oxygens (including phenoxy) is 3. The van der Waals surface area contributed by atoms with Crippen molar-refractivity contribution >= 4 is 11.9 Å². The van der Waals surface area contributed by atoms with E-state index >= 15 is 0 Å². The first-order valence-electron chi connectivity index (χ1n) is 5.17. The third-order valence-corrected chi connectivity index (χ3v) is 1.95. The van der Waals surface area contributed by atoms with E-state index in [4.69, 9.17) is 0 Å². The molecular weight excluding hydrogens is 250 g/mol. The zero-order valence-electron chi connectivity index (χ0n) is 10.5. The summed E-state index contributed by atoms with van der Waals surface area (Å²) in [6.07, 6.45) is -2.14. The summed E-state index contributed by atoms with van der Waals surface area (Å²) in [5.41, 5.74) is -0.0329. The highest BCUT2D eigenvalue weighted by molar-refractivity contribution is 5.87. The molecule has 7 heteroatoms. The van der Waals surface area contributed by atoms with Crippen LogP contribution in [-0.4, -0.2) is 37.9 Å². The van der Waals surface area contributed by atoms with Crippen molar-refractivity contribution in [3.63, 3.8) is 0 Å². The first-order valence-corrected chi connectivity index (χ1v) is 5.17. The van der Waals surface area contributed by atoms with Crippen molar-refractivity contribution < 1.29 is 32.6 Å². The molecule has 0 heterocycles. The second-order valence-corrected chi connectivity index (χ2v) is 3.54. The number of carbonyl (C=O) groups is 2. The zero-order chi connectivity index (χ0) is 14.3. The van der Waals surface area contributed by atoms with Crippen LogP contribution in [0, 0.1) is 0 Å². The first kappa shape index (κ1) is 16.5. The van der Waals surface area contributed by atoms with Crippen LogP contribution in [0.2, 0.25) is 0 Å². The van der Waals surface area contributed by atoms with E-state index in [9.17, 15) is 18.4 Å². The average molecular weight is 266 g/mol. The Morgan fingerprint density at radius 2 is 1.94 bits per heavy atom. The molecule has 0 saturated carbocycles. The van der Waals surface area contributed by atoms with E-state index in [2.05, 4.69) is 20.8 Å². The summed E-state index contributed by atoms with van der Waals surface area (Å²) in [6.45, 7) is 5.34. The van der Waals surface area contributed by atoms with Crippen LogP contribution in [0.15, 0.2) is 12.2 Å². The number of methoxy groups -OCH3 is 1. The molecule has 0 saturated heterocycles. The van der Waals surface area contributed by atoms with Gasteiger partial charge in [0.25, 0.3) is 0 Å². The van der Waals surface area contributed by atoms with Gasteiger partial charge in [-0.3, -0.25) is 0 Å². The lowest BCUT2D eigenvalue weighted by molar-refractivity contribution is -0.204. The van der Waals surface area contributed by atoms with Gasteiger partial charge in [0.05, 0.1) is 0 Å². The molecule has 0 aliphatic carbocycles. The molecule has 0 aromatic heterocycles. The van der Waals surface area contributed by atoms with Crippen LogP contribution in [0.3, 0.4) is 0 Å². The zero-order valence-corrected chi connectivity index (χ0v) is 10.5. The molecule has 0 rings (SSSR count). The predicted octanol–water partition coefficient (Wildman–Crippen LogP) is 1.67. The van der Waals surface area contributed by atoms with Gasteiger partial charge in [-0.1, -0.05) is 13.5 Å². The third-order valence-electron chi connectivity index (χ3n) is 1.95. The Bertz CT molecular complexity index is 327. The number of rotatable bonds is 7.